The number of fused-ring (bicyclic) bond motifs is 1. The van der Waals surface area contributed by atoms with Crippen LogP contribution in [0.3, 0.4) is 0 Å². The number of hydrogen-bond acceptors (Lipinski definition) is 1. The van der Waals surface area contributed by atoms with E-state index < -0.39 is 5.60 Å². The van der Waals surface area contributed by atoms with Gasteiger partial charge in [0.05, 0.1) is 0 Å². The summed E-state index contributed by atoms with van der Waals surface area (Å²) in [5.41, 5.74) is 0.721. The summed E-state index contributed by atoms with van der Waals surface area (Å²) in [5, 5.41) is 13.6. The summed E-state index contributed by atoms with van der Waals surface area (Å²) in [6.45, 7) is 0. The molecule has 0 saturated carbocycles. The molecular weight excluding hydrogens is 280 g/mol. The molecule has 21 heavy (non-hydrogen) atoms. The fraction of sp³-hybridized carbons (Fsp3) is 0.158. The van der Waals surface area contributed by atoms with Crippen LogP contribution in [-0.4, -0.2) is 11.0 Å². The molecule has 1 unspecified atom stereocenters. The zero-order chi connectivity index (χ0) is 14.7. The Labute approximate surface area is 129 Å². The minimum Gasteiger partial charge on any atom is -0.380 e. The molecule has 0 aliphatic rings. The molecule has 3 aromatic rings. The second-order valence-corrected chi connectivity index (χ2v) is 5.57. The van der Waals surface area contributed by atoms with Crippen molar-refractivity contribution in [1.29, 1.82) is 0 Å². The van der Waals surface area contributed by atoms with Crippen LogP contribution in [0.25, 0.3) is 10.8 Å². The van der Waals surface area contributed by atoms with Crippen LogP contribution >= 0.6 is 11.6 Å². The molecule has 0 bridgehead atoms. The molecule has 2 heteroatoms. The van der Waals surface area contributed by atoms with E-state index in [-0.39, 0.29) is 0 Å². The maximum atomic E-state index is 11.4. The molecular formula is C19H17ClO. The highest BCUT2D eigenvalue weighted by molar-refractivity contribution is 6.17. The molecule has 1 N–H and O–H groups in total. The molecule has 0 saturated heterocycles. The number of hydrogen-bond donors (Lipinski definition) is 1. The van der Waals surface area contributed by atoms with Crippen LogP contribution in [0.15, 0.2) is 72.8 Å². The Balaban J connectivity index is 2.25. The number of alkyl halides is 1. The third-order valence-corrected chi connectivity index (χ3v) is 4.13. The Morgan fingerprint density at radius 3 is 2.24 bits per heavy atom. The molecule has 0 radical (unpaired) electrons. The van der Waals surface area contributed by atoms with E-state index >= 15 is 0 Å². The summed E-state index contributed by atoms with van der Waals surface area (Å²) in [5.74, 6) is 0.397. The Morgan fingerprint density at radius 2 is 1.48 bits per heavy atom. The Bertz CT molecular complexity index is 733. The van der Waals surface area contributed by atoms with Gasteiger partial charge in [0.1, 0.15) is 5.60 Å². The number of aliphatic hydroxyl groups is 1. The van der Waals surface area contributed by atoms with Crippen molar-refractivity contribution >= 4 is 22.4 Å². The fourth-order valence-corrected chi connectivity index (χ4v) is 3.14. The van der Waals surface area contributed by atoms with Gasteiger partial charge in [0.25, 0.3) is 0 Å². The molecule has 106 valence electrons. The highest BCUT2D eigenvalue weighted by atomic mass is 35.5. The Kier molecular flexibility index (Phi) is 3.96. The molecule has 0 spiro atoms. The minimum absolute atomic E-state index is 0.397. The molecule has 3 rings (SSSR count). The zero-order valence-corrected chi connectivity index (χ0v) is 12.4. The summed E-state index contributed by atoms with van der Waals surface area (Å²) < 4.78 is 0. The van der Waals surface area contributed by atoms with Crippen molar-refractivity contribution in [3.63, 3.8) is 0 Å². The van der Waals surface area contributed by atoms with E-state index in [0.717, 1.165) is 21.9 Å². The van der Waals surface area contributed by atoms with Crippen molar-refractivity contribution in [1.82, 2.24) is 0 Å². The summed E-state index contributed by atoms with van der Waals surface area (Å²) >= 11 is 5.98. The van der Waals surface area contributed by atoms with Gasteiger partial charge in [-0.2, -0.15) is 0 Å². The van der Waals surface area contributed by atoms with Crippen molar-refractivity contribution in [2.45, 2.75) is 12.0 Å². The lowest BCUT2D eigenvalue weighted by Gasteiger charge is -2.30. The quantitative estimate of drug-likeness (QED) is 0.692. The van der Waals surface area contributed by atoms with Gasteiger partial charge in [-0.1, -0.05) is 72.8 Å². The average molecular weight is 297 g/mol. The van der Waals surface area contributed by atoms with E-state index in [9.17, 15) is 5.11 Å². The van der Waals surface area contributed by atoms with Crippen LogP contribution in [0, 0.1) is 0 Å². The zero-order valence-electron chi connectivity index (χ0n) is 11.7. The van der Waals surface area contributed by atoms with Crippen molar-refractivity contribution in [3.8, 4) is 0 Å². The van der Waals surface area contributed by atoms with Gasteiger partial charge in [0.15, 0.2) is 0 Å². The maximum Gasteiger partial charge on any atom is 0.116 e. The molecule has 3 aromatic carbocycles. The average Bonchev–Trinajstić information content (AvgIpc) is 2.55. The van der Waals surface area contributed by atoms with Crippen LogP contribution in [0.2, 0.25) is 0 Å². The third-order valence-electron chi connectivity index (χ3n) is 3.94. The van der Waals surface area contributed by atoms with Crippen LogP contribution < -0.4 is 0 Å². The first-order valence-corrected chi connectivity index (χ1v) is 7.61. The smallest absolute Gasteiger partial charge is 0.116 e. The third kappa shape index (κ3) is 2.55. The van der Waals surface area contributed by atoms with Crippen LogP contribution in [0.5, 0.6) is 0 Å². The summed E-state index contributed by atoms with van der Waals surface area (Å²) in [4.78, 5) is 0. The molecule has 0 amide bonds. The predicted octanol–water partition coefficient (Wildman–Crippen LogP) is 4.70. The monoisotopic (exact) mass is 296 g/mol. The van der Waals surface area contributed by atoms with Crippen LogP contribution in [0.4, 0.5) is 0 Å². The van der Waals surface area contributed by atoms with E-state index in [1.807, 2.05) is 60.7 Å². The highest BCUT2D eigenvalue weighted by Crippen LogP contribution is 2.37. The highest BCUT2D eigenvalue weighted by Gasteiger charge is 2.32. The van der Waals surface area contributed by atoms with Gasteiger partial charge in [0.2, 0.25) is 0 Å². The van der Waals surface area contributed by atoms with Gasteiger partial charge in [0, 0.05) is 5.88 Å². The second-order valence-electron chi connectivity index (χ2n) is 5.19. The first-order valence-electron chi connectivity index (χ1n) is 7.08. The predicted molar refractivity (Wildman–Crippen MR) is 88.7 cm³/mol. The normalized spacial score (nSPS) is 14.0. The van der Waals surface area contributed by atoms with Gasteiger partial charge >= 0.3 is 0 Å². The maximum absolute atomic E-state index is 11.4. The molecule has 1 atom stereocenters. The summed E-state index contributed by atoms with van der Waals surface area (Å²) in [6, 6.07) is 23.9. The summed E-state index contributed by atoms with van der Waals surface area (Å²) in [7, 11) is 0. The lowest BCUT2D eigenvalue weighted by atomic mass is 9.81. The lowest BCUT2D eigenvalue weighted by Crippen LogP contribution is -2.28. The molecule has 0 aromatic heterocycles. The van der Waals surface area contributed by atoms with Crippen molar-refractivity contribution in [2.24, 2.45) is 0 Å². The SMILES string of the molecule is OC(CCCl)(c1ccccc1)c1cccc2ccccc12. The molecule has 0 fully saturated rings. The van der Waals surface area contributed by atoms with Crippen molar-refractivity contribution in [3.05, 3.63) is 83.9 Å². The number of benzene rings is 3. The van der Waals surface area contributed by atoms with Crippen LogP contribution in [0.1, 0.15) is 17.5 Å². The largest absolute Gasteiger partial charge is 0.380 e. The first-order chi connectivity index (χ1) is 10.3. The molecule has 0 aliphatic heterocycles. The topological polar surface area (TPSA) is 20.2 Å². The van der Waals surface area contributed by atoms with Gasteiger partial charge in [-0.3, -0.25) is 0 Å². The minimum atomic E-state index is -1.07. The summed E-state index contributed by atoms with van der Waals surface area (Å²) in [6.07, 6.45) is 0.479. The van der Waals surface area contributed by atoms with E-state index in [1.165, 1.54) is 0 Å². The van der Waals surface area contributed by atoms with E-state index in [2.05, 4.69) is 12.1 Å². The van der Waals surface area contributed by atoms with Gasteiger partial charge in [-0.05, 0) is 28.3 Å². The van der Waals surface area contributed by atoms with E-state index in [1.54, 1.807) is 0 Å². The van der Waals surface area contributed by atoms with Crippen molar-refractivity contribution < 1.29 is 5.11 Å². The number of halogens is 1. The Hall–Kier alpha value is -1.83. The first kappa shape index (κ1) is 14.1. The lowest BCUT2D eigenvalue weighted by molar-refractivity contribution is 0.0790. The van der Waals surface area contributed by atoms with Gasteiger partial charge in [-0.25, -0.2) is 0 Å². The van der Waals surface area contributed by atoms with Gasteiger partial charge < -0.3 is 5.11 Å². The fourth-order valence-electron chi connectivity index (χ4n) is 2.87. The van der Waals surface area contributed by atoms with Crippen molar-refractivity contribution in [2.75, 3.05) is 5.88 Å². The van der Waals surface area contributed by atoms with E-state index in [0.29, 0.717) is 12.3 Å². The van der Waals surface area contributed by atoms with Crippen LogP contribution in [-0.2, 0) is 5.60 Å². The molecule has 0 heterocycles. The standard InChI is InChI=1S/C19H17ClO/c20-14-13-19(21,16-9-2-1-3-10-16)18-12-6-8-15-7-4-5-11-17(15)18/h1-12,21H,13-14H2. The van der Waals surface area contributed by atoms with E-state index in [4.69, 9.17) is 11.6 Å². The Morgan fingerprint density at radius 1 is 0.810 bits per heavy atom. The number of rotatable bonds is 4. The van der Waals surface area contributed by atoms with Gasteiger partial charge in [-0.15, -0.1) is 11.6 Å². The molecule has 0 aliphatic carbocycles. The molecule has 1 nitrogen and oxygen atoms in total. The second kappa shape index (κ2) is 5.88.